The molecule has 0 aliphatic carbocycles. The third-order valence-electron chi connectivity index (χ3n) is 4.64. The molecule has 1 aliphatic rings. The summed E-state index contributed by atoms with van der Waals surface area (Å²) in [4.78, 5) is 10.6. The lowest BCUT2D eigenvalue weighted by Crippen LogP contribution is -2.11. The molecule has 5 nitrogen and oxygen atoms in total. The van der Waals surface area contributed by atoms with Gasteiger partial charge in [0.2, 0.25) is 0 Å². The second-order valence-corrected chi connectivity index (χ2v) is 6.50. The van der Waals surface area contributed by atoms with Gasteiger partial charge in [-0.05, 0) is 47.9 Å². The minimum absolute atomic E-state index is 0.0504. The van der Waals surface area contributed by atoms with Gasteiger partial charge in [0.05, 0.1) is 4.92 Å². The van der Waals surface area contributed by atoms with Crippen LogP contribution in [0.1, 0.15) is 22.3 Å². The van der Waals surface area contributed by atoms with E-state index in [0.717, 1.165) is 33.4 Å². The number of fused-ring (bicyclic) bond motifs is 1. The van der Waals surface area contributed by atoms with Crippen LogP contribution in [0.5, 0.6) is 11.5 Å². The number of non-ortho nitro benzene ring substituents is 1. The molecule has 0 atom stereocenters. The van der Waals surface area contributed by atoms with Gasteiger partial charge in [-0.1, -0.05) is 29.8 Å². The Kier molecular flexibility index (Phi) is 4.12. The van der Waals surface area contributed by atoms with Gasteiger partial charge in [0.15, 0.2) is 0 Å². The number of hydrogen-bond donors (Lipinski definition) is 1. The van der Waals surface area contributed by atoms with E-state index >= 15 is 0 Å². The average molecular weight is 359 g/mol. The molecule has 0 unspecified atom stereocenters. The number of phenolic OH excluding ortho intramolecular Hbond substituents is 1. The number of benzene rings is 3. The number of nitrogens with zero attached hydrogens (tertiary/aromatic N) is 1. The van der Waals surface area contributed by atoms with Gasteiger partial charge in [0.1, 0.15) is 18.1 Å². The summed E-state index contributed by atoms with van der Waals surface area (Å²) >= 11 is 0. The average Bonchev–Trinajstić information content (AvgIpc) is 2.67. The van der Waals surface area contributed by atoms with E-state index in [9.17, 15) is 15.2 Å². The fourth-order valence-corrected chi connectivity index (χ4v) is 3.36. The van der Waals surface area contributed by atoms with E-state index < -0.39 is 4.92 Å². The minimum Gasteiger partial charge on any atom is -0.508 e. The molecule has 0 saturated carbocycles. The summed E-state index contributed by atoms with van der Waals surface area (Å²) in [5.74, 6) is 0.732. The molecule has 3 aromatic rings. The zero-order valence-corrected chi connectivity index (χ0v) is 14.7. The number of rotatable bonds is 3. The summed E-state index contributed by atoms with van der Waals surface area (Å²) in [5, 5.41) is 20.8. The maximum Gasteiger partial charge on any atom is 0.269 e. The lowest BCUT2D eigenvalue weighted by atomic mass is 9.87. The first-order chi connectivity index (χ1) is 13.0. The molecule has 1 heterocycles. The van der Waals surface area contributed by atoms with Crippen molar-refractivity contribution in [2.24, 2.45) is 0 Å². The van der Waals surface area contributed by atoms with E-state index in [2.05, 4.69) is 6.07 Å². The predicted octanol–water partition coefficient (Wildman–Crippen LogP) is 4.96. The smallest absolute Gasteiger partial charge is 0.269 e. The monoisotopic (exact) mass is 359 g/mol. The summed E-state index contributed by atoms with van der Waals surface area (Å²) in [5.41, 5.74) is 5.91. The highest BCUT2D eigenvalue weighted by Crippen LogP contribution is 2.42. The zero-order chi connectivity index (χ0) is 19.0. The highest BCUT2D eigenvalue weighted by molar-refractivity contribution is 6.01. The van der Waals surface area contributed by atoms with Crippen LogP contribution < -0.4 is 4.74 Å². The Labute approximate surface area is 156 Å². The largest absolute Gasteiger partial charge is 0.508 e. The Balaban J connectivity index is 1.95. The standard InChI is InChI=1S/C22H17NO4/c1-14-3-2-4-16(11-14)20-13-27-21-12-18(24)9-10-19(21)22(20)15-5-7-17(8-6-15)23(25)26/h2-12,24H,13H2,1H3. The number of aromatic hydroxyl groups is 1. The van der Waals surface area contributed by atoms with Gasteiger partial charge >= 0.3 is 0 Å². The van der Waals surface area contributed by atoms with Gasteiger partial charge in [0.25, 0.3) is 5.69 Å². The Morgan fingerprint density at radius 1 is 1.00 bits per heavy atom. The van der Waals surface area contributed by atoms with Crippen molar-refractivity contribution in [3.63, 3.8) is 0 Å². The second-order valence-electron chi connectivity index (χ2n) is 6.50. The molecule has 3 aromatic carbocycles. The second kappa shape index (κ2) is 6.61. The summed E-state index contributed by atoms with van der Waals surface area (Å²) in [7, 11) is 0. The van der Waals surface area contributed by atoms with Crippen LogP contribution in [0.15, 0.2) is 66.7 Å². The first-order valence-corrected chi connectivity index (χ1v) is 8.54. The Bertz CT molecular complexity index is 1070. The highest BCUT2D eigenvalue weighted by Gasteiger charge is 2.23. The normalized spacial score (nSPS) is 13.1. The van der Waals surface area contributed by atoms with Crippen LogP contribution in [0.3, 0.4) is 0 Å². The molecule has 5 heteroatoms. The maximum absolute atomic E-state index is 11.0. The molecule has 0 saturated heterocycles. The number of aryl methyl sites for hydroxylation is 1. The summed E-state index contributed by atoms with van der Waals surface area (Å²) in [6, 6.07) is 19.7. The number of hydrogen-bond acceptors (Lipinski definition) is 4. The highest BCUT2D eigenvalue weighted by atomic mass is 16.6. The Morgan fingerprint density at radius 2 is 1.78 bits per heavy atom. The molecule has 134 valence electrons. The van der Waals surface area contributed by atoms with Crippen molar-refractivity contribution in [2.75, 3.05) is 6.61 Å². The molecule has 1 aliphatic heterocycles. The molecule has 1 N–H and O–H groups in total. The van der Waals surface area contributed by atoms with Gasteiger partial charge in [-0.3, -0.25) is 10.1 Å². The molecular formula is C22H17NO4. The van der Waals surface area contributed by atoms with Gasteiger partial charge < -0.3 is 9.84 Å². The molecule has 4 rings (SSSR count). The number of ether oxygens (including phenoxy) is 1. The first kappa shape index (κ1) is 16.8. The van der Waals surface area contributed by atoms with E-state index in [4.69, 9.17) is 4.74 Å². The van der Waals surface area contributed by atoms with Gasteiger partial charge in [-0.25, -0.2) is 0 Å². The van der Waals surface area contributed by atoms with Crippen LogP contribution in [-0.2, 0) is 0 Å². The summed E-state index contributed by atoms with van der Waals surface area (Å²) in [6.07, 6.45) is 0. The van der Waals surface area contributed by atoms with Gasteiger partial charge in [0, 0.05) is 29.3 Å². The van der Waals surface area contributed by atoms with Crippen LogP contribution in [0.4, 0.5) is 5.69 Å². The summed E-state index contributed by atoms with van der Waals surface area (Å²) in [6.45, 7) is 2.39. The Morgan fingerprint density at radius 3 is 2.48 bits per heavy atom. The quantitative estimate of drug-likeness (QED) is 0.530. The molecular weight excluding hydrogens is 342 g/mol. The molecule has 0 amide bonds. The number of phenols is 1. The molecule has 0 aromatic heterocycles. The minimum atomic E-state index is -0.407. The maximum atomic E-state index is 11.0. The summed E-state index contributed by atoms with van der Waals surface area (Å²) < 4.78 is 5.90. The predicted molar refractivity (Wildman–Crippen MR) is 104 cm³/mol. The van der Waals surface area contributed by atoms with Crippen molar-refractivity contribution in [1.82, 2.24) is 0 Å². The SMILES string of the molecule is Cc1cccc(C2=C(c3ccc([N+](=O)[O-])cc3)c3ccc(O)cc3OC2)c1. The number of nitro groups is 1. The van der Waals surface area contributed by atoms with Crippen molar-refractivity contribution in [2.45, 2.75) is 6.92 Å². The van der Waals surface area contributed by atoms with Crippen molar-refractivity contribution in [3.05, 3.63) is 99.1 Å². The van der Waals surface area contributed by atoms with Crippen molar-refractivity contribution < 1.29 is 14.8 Å². The van der Waals surface area contributed by atoms with E-state index in [0.29, 0.717) is 12.4 Å². The van der Waals surface area contributed by atoms with Crippen molar-refractivity contribution in [1.29, 1.82) is 0 Å². The number of nitro benzene ring substituents is 1. The molecule has 27 heavy (non-hydrogen) atoms. The van der Waals surface area contributed by atoms with Crippen LogP contribution >= 0.6 is 0 Å². The molecule has 0 spiro atoms. The van der Waals surface area contributed by atoms with Crippen LogP contribution in [0, 0.1) is 17.0 Å². The zero-order valence-electron chi connectivity index (χ0n) is 14.7. The van der Waals surface area contributed by atoms with Crippen LogP contribution in [-0.4, -0.2) is 16.6 Å². The molecule has 0 bridgehead atoms. The topological polar surface area (TPSA) is 72.6 Å². The van der Waals surface area contributed by atoms with Gasteiger partial charge in [-0.2, -0.15) is 0 Å². The lowest BCUT2D eigenvalue weighted by molar-refractivity contribution is -0.384. The van der Waals surface area contributed by atoms with E-state index in [1.165, 1.54) is 12.1 Å². The van der Waals surface area contributed by atoms with Crippen molar-refractivity contribution in [3.8, 4) is 11.5 Å². The first-order valence-electron chi connectivity index (χ1n) is 8.54. The fraction of sp³-hybridized carbons (Fsp3) is 0.0909. The van der Waals surface area contributed by atoms with Gasteiger partial charge in [-0.15, -0.1) is 0 Å². The van der Waals surface area contributed by atoms with Crippen LogP contribution in [0.25, 0.3) is 11.1 Å². The van der Waals surface area contributed by atoms with Crippen molar-refractivity contribution >= 4 is 16.8 Å². The van der Waals surface area contributed by atoms with E-state index in [1.807, 2.05) is 31.2 Å². The lowest BCUT2D eigenvalue weighted by Gasteiger charge is -2.25. The molecule has 0 radical (unpaired) electrons. The van der Waals surface area contributed by atoms with Crippen LogP contribution in [0.2, 0.25) is 0 Å². The third-order valence-corrected chi connectivity index (χ3v) is 4.64. The fourth-order valence-electron chi connectivity index (χ4n) is 3.36. The Hall–Kier alpha value is -3.60. The van der Waals surface area contributed by atoms with E-state index in [1.54, 1.807) is 24.3 Å². The molecule has 0 fully saturated rings. The van der Waals surface area contributed by atoms with E-state index in [-0.39, 0.29) is 11.4 Å². The third kappa shape index (κ3) is 3.15.